The molecule has 0 unspecified atom stereocenters. The third-order valence-electron chi connectivity index (χ3n) is 2.67. The van der Waals surface area contributed by atoms with Crippen molar-refractivity contribution in [3.8, 4) is 0 Å². The van der Waals surface area contributed by atoms with Gasteiger partial charge in [-0.05, 0) is 25.7 Å². The number of methoxy groups -OCH3 is 1. The number of carbonyl (C=O) groups excluding carboxylic acids is 1. The van der Waals surface area contributed by atoms with Gasteiger partial charge in [0, 0.05) is 7.11 Å². The summed E-state index contributed by atoms with van der Waals surface area (Å²) >= 11 is 0. The molecule has 1 aliphatic carbocycles. The lowest BCUT2D eigenvalue weighted by molar-refractivity contribution is -0.139. The van der Waals surface area contributed by atoms with Crippen molar-refractivity contribution in [3.05, 3.63) is 11.6 Å². The standard InChI is InChI=1S/C12H20O3/c1-3-15-12(13)11(9-14-2)8-10-6-4-5-7-10/h8,10H,3-7,9H2,1-2H3. The van der Waals surface area contributed by atoms with Gasteiger partial charge in [-0.3, -0.25) is 0 Å². The SMILES string of the molecule is CCOC(=O)C(=CC1CCCC1)COC. The average Bonchev–Trinajstić information content (AvgIpc) is 2.70. The summed E-state index contributed by atoms with van der Waals surface area (Å²) in [7, 11) is 1.60. The lowest BCUT2D eigenvalue weighted by atomic mass is 10.0. The zero-order chi connectivity index (χ0) is 11.1. The topological polar surface area (TPSA) is 35.5 Å². The molecule has 0 radical (unpaired) electrons. The molecule has 1 rings (SSSR count). The summed E-state index contributed by atoms with van der Waals surface area (Å²) in [6, 6.07) is 0. The fourth-order valence-electron chi connectivity index (χ4n) is 1.96. The fraction of sp³-hybridized carbons (Fsp3) is 0.750. The van der Waals surface area contributed by atoms with Gasteiger partial charge in [0.25, 0.3) is 0 Å². The van der Waals surface area contributed by atoms with Crippen LogP contribution >= 0.6 is 0 Å². The summed E-state index contributed by atoms with van der Waals surface area (Å²) < 4.78 is 9.99. The quantitative estimate of drug-likeness (QED) is 0.518. The molecular formula is C12H20O3. The highest BCUT2D eigenvalue weighted by Crippen LogP contribution is 2.27. The molecule has 0 aromatic rings. The van der Waals surface area contributed by atoms with Crippen molar-refractivity contribution in [1.82, 2.24) is 0 Å². The minimum Gasteiger partial charge on any atom is -0.463 e. The van der Waals surface area contributed by atoms with Crippen molar-refractivity contribution in [3.63, 3.8) is 0 Å². The van der Waals surface area contributed by atoms with Crippen LogP contribution in [0.15, 0.2) is 11.6 Å². The highest BCUT2D eigenvalue weighted by molar-refractivity contribution is 5.88. The van der Waals surface area contributed by atoms with Gasteiger partial charge in [0.2, 0.25) is 0 Å². The predicted molar refractivity (Wildman–Crippen MR) is 58.6 cm³/mol. The summed E-state index contributed by atoms with van der Waals surface area (Å²) in [5.41, 5.74) is 0.672. The van der Waals surface area contributed by atoms with E-state index in [1.165, 1.54) is 25.7 Å². The number of hydrogen-bond acceptors (Lipinski definition) is 3. The number of ether oxygens (including phenoxy) is 2. The molecule has 3 nitrogen and oxygen atoms in total. The van der Waals surface area contributed by atoms with Gasteiger partial charge >= 0.3 is 5.97 Å². The van der Waals surface area contributed by atoms with Crippen LogP contribution in [0.2, 0.25) is 0 Å². The van der Waals surface area contributed by atoms with Crippen molar-refractivity contribution in [2.75, 3.05) is 20.3 Å². The van der Waals surface area contributed by atoms with E-state index in [0.717, 1.165) is 0 Å². The second kappa shape index (κ2) is 6.62. The van der Waals surface area contributed by atoms with Crippen LogP contribution in [0.4, 0.5) is 0 Å². The van der Waals surface area contributed by atoms with Gasteiger partial charge in [-0.2, -0.15) is 0 Å². The van der Waals surface area contributed by atoms with Gasteiger partial charge < -0.3 is 9.47 Å². The molecule has 1 saturated carbocycles. The Labute approximate surface area is 91.4 Å². The highest BCUT2D eigenvalue weighted by atomic mass is 16.5. The number of allylic oxidation sites excluding steroid dienone is 1. The van der Waals surface area contributed by atoms with Gasteiger partial charge in [0.05, 0.1) is 18.8 Å². The van der Waals surface area contributed by atoms with Crippen LogP contribution in [-0.4, -0.2) is 26.3 Å². The number of esters is 1. The maximum absolute atomic E-state index is 11.6. The molecule has 0 bridgehead atoms. The Bertz CT molecular complexity index is 227. The van der Waals surface area contributed by atoms with E-state index in [-0.39, 0.29) is 5.97 Å². The first-order valence-corrected chi connectivity index (χ1v) is 5.64. The zero-order valence-electron chi connectivity index (χ0n) is 9.62. The van der Waals surface area contributed by atoms with Crippen LogP contribution < -0.4 is 0 Å². The molecule has 0 N–H and O–H groups in total. The summed E-state index contributed by atoms with van der Waals surface area (Å²) in [6.45, 7) is 2.60. The largest absolute Gasteiger partial charge is 0.463 e. The number of hydrogen-bond donors (Lipinski definition) is 0. The summed E-state index contributed by atoms with van der Waals surface area (Å²) in [5.74, 6) is 0.311. The molecule has 0 saturated heterocycles. The van der Waals surface area contributed by atoms with Gasteiger partial charge in [-0.1, -0.05) is 18.9 Å². The summed E-state index contributed by atoms with van der Waals surface area (Å²) in [4.78, 5) is 11.6. The minimum absolute atomic E-state index is 0.230. The highest BCUT2D eigenvalue weighted by Gasteiger charge is 2.17. The first-order chi connectivity index (χ1) is 7.27. The molecule has 0 aromatic carbocycles. The van der Waals surface area contributed by atoms with Crippen molar-refractivity contribution < 1.29 is 14.3 Å². The summed E-state index contributed by atoms with van der Waals surface area (Å²) in [5, 5.41) is 0. The third kappa shape index (κ3) is 4.04. The Morgan fingerprint density at radius 2 is 2.07 bits per heavy atom. The lowest BCUT2D eigenvalue weighted by Gasteiger charge is -2.08. The number of carbonyl (C=O) groups is 1. The van der Waals surface area contributed by atoms with Crippen molar-refractivity contribution in [1.29, 1.82) is 0 Å². The van der Waals surface area contributed by atoms with E-state index in [2.05, 4.69) is 0 Å². The molecule has 0 aromatic heterocycles. The van der Waals surface area contributed by atoms with Crippen LogP contribution in [0.3, 0.4) is 0 Å². The monoisotopic (exact) mass is 212 g/mol. The Hall–Kier alpha value is -0.830. The smallest absolute Gasteiger partial charge is 0.336 e. The molecule has 0 aliphatic heterocycles. The van der Waals surface area contributed by atoms with Crippen LogP contribution in [0, 0.1) is 5.92 Å². The van der Waals surface area contributed by atoms with E-state index in [0.29, 0.717) is 24.7 Å². The van der Waals surface area contributed by atoms with Gasteiger partial charge in [0.1, 0.15) is 0 Å². The summed E-state index contributed by atoms with van der Waals surface area (Å²) in [6.07, 6.45) is 6.95. The average molecular weight is 212 g/mol. The van der Waals surface area contributed by atoms with E-state index in [4.69, 9.17) is 9.47 Å². The molecule has 3 heteroatoms. The molecule has 1 fully saturated rings. The van der Waals surface area contributed by atoms with Gasteiger partial charge in [-0.15, -0.1) is 0 Å². The maximum atomic E-state index is 11.6. The maximum Gasteiger partial charge on any atom is 0.336 e. The Balaban J connectivity index is 2.58. The van der Waals surface area contributed by atoms with Gasteiger partial charge in [-0.25, -0.2) is 4.79 Å². The molecule has 0 atom stereocenters. The van der Waals surface area contributed by atoms with E-state index >= 15 is 0 Å². The van der Waals surface area contributed by atoms with Crippen LogP contribution in [0.25, 0.3) is 0 Å². The minimum atomic E-state index is -0.230. The molecule has 15 heavy (non-hydrogen) atoms. The zero-order valence-corrected chi connectivity index (χ0v) is 9.62. The molecule has 1 aliphatic rings. The predicted octanol–water partition coefficient (Wildman–Crippen LogP) is 2.31. The fourth-order valence-corrected chi connectivity index (χ4v) is 1.96. The second-order valence-electron chi connectivity index (χ2n) is 3.89. The van der Waals surface area contributed by atoms with Crippen molar-refractivity contribution in [2.45, 2.75) is 32.6 Å². The third-order valence-corrected chi connectivity index (χ3v) is 2.67. The van der Waals surface area contributed by atoms with Gasteiger partial charge in [0.15, 0.2) is 0 Å². The van der Waals surface area contributed by atoms with Crippen molar-refractivity contribution in [2.24, 2.45) is 5.92 Å². The number of rotatable bonds is 5. The molecule has 0 heterocycles. The van der Waals surface area contributed by atoms with E-state index in [1.807, 2.05) is 13.0 Å². The Morgan fingerprint density at radius 1 is 1.40 bits per heavy atom. The molecule has 0 amide bonds. The second-order valence-corrected chi connectivity index (χ2v) is 3.89. The first kappa shape index (κ1) is 12.2. The molecule has 86 valence electrons. The van der Waals surface area contributed by atoms with Crippen LogP contribution in [0.1, 0.15) is 32.6 Å². The Kier molecular flexibility index (Phi) is 5.40. The van der Waals surface area contributed by atoms with E-state index < -0.39 is 0 Å². The lowest BCUT2D eigenvalue weighted by Crippen LogP contribution is -2.13. The first-order valence-electron chi connectivity index (χ1n) is 5.64. The van der Waals surface area contributed by atoms with Crippen LogP contribution in [0.5, 0.6) is 0 Å². The van der Waals surface area contributed by atoms with E-state index in [9.17, 15) is 4.79 Å². The molecule has 0 spiro atoms. The molecular weight excluding hydrogens is 192 g/mol. The van der Waals surface area contributed by atoms with Crippen molar-refractivity contribution >= 4 is 5.97 Å². The Morgan fingerprint density at radius 3 is 2.60 bits per heavy atom. The van der Waals surface area contributed by atoms with E-state index in [1.54, 1.807) is 7.11 Å². The normalized spacial score (nSPS) is 18.1. The van der Waals surface area contributed by atoms with Crippen LogP contribution in [-0.2, 0) is 14.3 Å².